The highest BCUT2D eigenvalue weighted by Crippen LogP contribution is 2.41. The number of aliphatic hydroxyl groups is 1. The van der Waals surface area contributed by atoms with Crippen LogP contribution in [0.3, 0.4) is 0 Å². The molecular formula is C15H20O3. The van der Waals surface area contributed by atoms with Gasteiger partial charge in [-0.05, 0) is 30.4 Å². The summed E-state index contributed by atoms with van der Waals surface area (Å²) < 4.78 is 11.9. The maximum absolute atomic E-state index is 9.04. The molecule has 1 aromatic rings. The van der Waals surface area contributed by atoms with E-state index in [0.29, 0.717) is 19.1 Å². The number of benzene rings is 1. The summed E-state index contributed by atoms with van der Waals surface area (Å²) in [7, 11) is 0. The zero-order chi connectivity index (χ0) is 12.4. The molecule has 1 saturated heterocycles. The largest absolute Gasteiger partial charge is 0.396 e. The van der Waals surface area contributed by atoms with Crippen LogP contribution in [-0.2, 0) is 22.3 Å². The van der Waals surface area contributed by atoms with Crippen molar-refractivity contribution in [3.8, 4) is 0 Å². The first-order chi connectivity index (χ1) is 8.84. The summed E-state index contributed by atoms with van der Waals surface area (Å²) in [6.45, 7) is 1.63. The van der Waals surface area contributed by atoms with E-state index in [2.05, 4.69) is 24.3 Å². The fourth-order valence-corrected chi connectivity index (χ4v) is 3.23. The molecule has 1 atom stereocenters. The Labute approximate surface area is 108 Å². The molecule has 0 saturated carbocycles. The van der Waals surface area contributed by atoms with Crippen molar-refractivity contribution in [1.82, 2.24) is 0 Å². The van der Waals surface area contributed by atoms with Gasteiger partial charge in [-0.25, -0.2) is 0 Å². The molecule has 0 aromatic heterocycles. The second-order valence-electron chi connectivity index (χ2n) is 5.22. The smallest absolute Gasteiger partial charge is 0.175 e. The Kier molecular flexibility index (Phi) is 3.37. The Hall–Kier alpha value is -0.900. The summed E-state index contributed by atoms with van der Waals surface area (Å²) in [5, 5.41) is 9.04. The van der Waals surface area contributed by atoms with Crippen LogP contribution in [0, 0.1) is 5.92 Å². The number of ether oxygens (including phenoxy) is 2. The lowest BCUT2D eigenvalue weighted by atomic mass is 9.77. The van der Waals surface area contributed by atoms with Gasteiger partial charge in [0.25, 0.3) is 0 Å². The van der Waals surface area contributed by atoms with Gasteiger partial charge in [0.15, 0.2) is 5.79 Å². The van der Waals surface area contributed by atoms with Crippen LogP contribution in [0.5, 0.6) is 0 Å². The predicted molar refractivity (Wildman–Crippen MR) is 68.3 cm³/mol. The monoisotopic (exact) mass is 248 g/mol. The van der Waals surface area contributed by atoms with Crippen LogP contribution >= 0.6 is 0 Å². The first-order valence-corrected chi connectivity index (χ1v) is 6.80. The molecule has 18 heavy (non-hydrogen) atoms. The molecule has 1 aromatic carbocycles. The Morgan fingerprint density at radius 2 is 1.89 bits per heavy atom. The van der Waals surface area contributed by atoms with Gasteiger partial charge in [-0.2, -0.15) is 0 Å². The van der Waals surface area contributed by atoms with Gasteiger partial charge >= 0.3 is 0 Å². The van der Waals surface area contributed by atoms with Crippen LogP contribution in [0.4, 0.5) is 0 Å². The minimum absolute atomic E-state index is 0.244. The van der Waals surface area contributed by atoms with Crippen LogP contribution in [0.2, 0.25) is 0 Å². The maximum Gasteiger partial charge on any atom is 0.175 e. The molecule has 3 rings (SSSR count). The molecule has 1 spiro atoms. The summed E-state index contributed by atoms with van der Waals surface area (Å²) >= 11 is 0. The normalized spacial score (nSPS) is 25.3. The van der Waals surface area contributed by atoms with E-state index in [-0.39, 0.29) is 6.61 Å². The van der Waals surface area contributed by atoms with Gasteiger partial charge in [-0.1, -0.05) is 24.3 Å². The van der Waals surface area contributed by atoms with E-state index >= 15 is 0 Å². The number of fused-ring (bicyclic) bond motifs is 1. The second-order valence-corrected chi connectivity index (χ2v) is 5.22. The third-order valence-electron chi connectivity index (χ3n) is 4.13. The van der Waals surface area contributed by atoms with Gasteiger partial charge in [-0.15, -0.1) is 0 Å². The zero-order valence-corrected chi connectivity index (χ0v) is 10.6. The standard InChI is InChI=1S/C15H20O3/c16-7-3-6-14-10-12-4-1-2-5-13(12)11-15(14)17-8-9-18-15/h1-2,4-5,14,16H,3,6-11H2. The lowest BCUT2D eigenvalue weighted by Crippen LogP contribution is -2.45. The van der Waals surface area contributed by atoms with Gasteiger partial charge in [0.2, 0.25) is 0 Å². The van der Waals surface area contributed by atoms with Crippen molar-refractivity contribution < 1.29 is 14.6 Å². The Morgan fingerprint density at radius 3 is 2.61 bits per heavy atom. The average Bonchev–Trinajstić information content (AvgIpc) is 2.85. The van der Waals surface area contributed by atoms with E-state index in [0.717, 1.165) is 25.7 Å². The fraction of sp³-hybridized carbons (Fsp3) is 0.600. The molecule has 1 heterocycles. The van der Waals surface area contributed by atoms with Gasteiger partial charge in [0.05, 0.1) is 13.2 Å². The lowest BCUT2D eigenvalue weighted by molar-refractivity contribution is -0.200. The topological polar surface area (TPSA) is 38.7 Å². The minimum Gasteiger partial charge on any atom is -0.396 e. The van der Waals surface area contributed by atoms with Gasteiger partial charge in [0.1, 0.15) is 0 Å². The zero-order valence-electron chi connectivity index (χ0n) is 10.6. The van der Waals surface area contributed by atoms with Crippen LogP contribution < -0.4 is 0 Å². The van der Waals surface area contributed by atoms with E-state index in [1.54, 1.807) is 0 Å². The molecule has 0 radical (unpaired) electrons. The van der Waals surface area contributed by atoms with Crippen LogP contribution in [-0.4, -0.2) is 30.7 Å². The molecule has 1 aliphatic carbocycles. The Balaban J connectivity index is 1.87. The van der Waals surface area contributed by atoms with E-state index < -0.39 is 5.79 Å². The first kappa shape index (κ1) is 12.2. The SMILES string of the molecule is OCCCC1Cc2ccccc2CC12OCCO2. The molecule has 1 N–H and O–H groups in total. The molecule has 0 amide bonds. The number of hydrogen-bond donors (Lipinski definition) is 1. The number of aliphatic hydroxyl groups excluding tert-OH is 1. The predicted octanol–water partition coefficient (Wildman–Crippen LogP) is 1.92. The number of hydrogen-bond acceptors (Lipinski definition) is 3. The van der Waals surface area contributed by atoms with Crippen molar-refractivity contribution >= 4 is 0 Å². The molecule has 1 unspecified atom stereocenters. The van der Waals surface area contributed by atoms with E-state index in [9.17, 15) is 0 Å². The lowest BCUT2D eigenvalue weighted by Gasteiger charge is -2.40. The molecule has 0 bridgehead atoms. The minimum atomic E-state index is -0.427. The molecule has 3 heteroatoms. The van der Waals surface area contributed by atoms with E-state index in [1.807, 2.05) is 0 Å². The molecule has 1 fully saturated rings. The van der Waals surface area contributed by atoms with Crippen LogP contribution in [0.1, 0.15) is 24.0 Å². The third-order valence-corrected chi connectivity index (χ3v) is 4.13. The van der Waals surface area contributed by atoms with Gasteiger partial charge in [0, 0.05) is 18.9 Å². The summed E-state index contributed by atoms with van der Waals surface area (Å²) in [5.74, 6) is -0.0641. The van der Waals surface area contributed by atoms with Crippen molar-refractivity contribution in [1.29, 1.82) is 0 Å². The summed E-state index contributed by atoms with van der Waals surface area (Å²) in [5.41, 5.74) is 2.75. The summed E-state index contributed by atoms with van der Waals surface area (Å²) in [6, 6.07) is 8.54. The molecule has 2 aliphatic rings. The van der Waals surface area contributed by atoms with Gasteiger partial charge in [-0.3, -0.25) is 0 Å². The molecule has 1 aliphatic heterocycles. The number of rotatable bonds is 3. The highest BCUT2D eigenvalue weighted by atomic mass is 16.7. The Morgan fingerprint density at radius 1 is 1.17 bits per heavy atom. The maximum atomic E-state index is 9.04. The quantitative estimate of drug-likeness (QED) is 0.888. The van der Waals surface area contributed by atoms with Crippen LogP contribution in [0.25, 0.3) is 0 Å². The summed E-state index contributed by atoms with van der Waals surface area (Å²) in [4.78, 5) is 0. The highest BCUT2D eigenvalue weighted by Gasteiger charge is 2.46. The van der Waals surface area contributed by atoms with E-state index in [4.69, 9.17) is 14.6 Å². The van der Waals surface area contributed by atoms with E-state index in [1.165, 1.54) is 11.1 Å². The van der Waals surface area contributed by atoms with Crippen molar-refractivity contribution in [3.05, 3.63) is 35.4 Å². The molecule has 3 nitrogen and oxygen atoms in total. The highest BCUT2D eigenvalue weighted by molar-refractivity contribution is 5.32. The third kappa shape index (κ3) is 2.07. The molecule has 98 valence electrons. The second kappa shape index (κ2) is 5.00. The fourth-order valence-electron chi connectivity index (χ4n) is 3.23. The van der Waals surface area contributed by atoms with Gasteiger partial charge < -0.3 is 14.6 Å². The van der Waals surface area contributed by atoms with Crippen molar-refractivity contribution in [2.75, 3.05) is 19.8 Å². The molecular weight excluding hydrogens is 228 g/mol. The van der Waals surface area contributed by atoms with Crippen molar-refractivity contribution in [2.24, 2.45) is 5.92 Å². The van der Waals surface area contributed by atoms with Crippen molar-refractivity contribution in [3.63, 3.8) is 0 Å². The van der Waals surface area contributed by atoms with Crippen LogP contribution in [0.15, 0.2) is 24.3 Å². The first-order valence-electron chi connectivity index (χ1n) is 6.80. The van der Waals surface area contributed by atoms with Crippen molar-refractivity contribution in [2.45, 2.75) is 31.5 Å². The summed E-state index contributed by atoms with van der Waals surface area (Å²) in [6.07, 6.45) is 3.63. The average molecular weight is 248 g/mol. The Bertz CT molecular complexity index is 410.